The van der Waals surface area contributed by atoms with Crippen molar-refractivity contribution in [2.45, 2.75) is 13.8 Å². The highest BCUT2D eigenvalue weighted by molar-refractivity contribution is 6.06. The molecule has 0 saturated carbocycles. The zero-order valence-electron chi connectivity index (χ0n) is 13.5. The number of rotatable bonds is 4. The summed E-state index contributed by atoms with van der Waals surface area (Å²) in [5, 5.41) is 13.7. The summed E-state index contributed by atoms with van der Waals surface area (Å²) in [6.07, 6.45) is 0. The number of anilines is 1. The molecule has 0 saturated heterocycles. The van der Waals surface area contributed by atoms with Gasteiger partial charge in [-0.05, 0) is 37.6 Å². The Morgan fingerprint density at radius 1 is 1.17 bits per heavy atom. The predicted octanol–water partition coefficient (Wildman–Crippen LogP) is 3.25. The van der Waals surface area contributed by atoms with Gasteiger partial charge in [0.1, 0.15) is 0 Å². The van der Waals surface area contributed by atoms with Crippen LogP contribution in [0.4, 0.5) is 11.4 Å². The van der Waals surface area contributed by atoms with E-state index in [1.165, 1.54) is 38.3 Å². The van der Waals surface area contributed by atoms with Gasteiger partial charge in [0.15, 0.2) is 0 Å². The number of amides is 1. The van der Waals surface area contributed by atoms with Crippen molar-refractivity contribution in [3.8, 4) is 0 Å². The molecule has 0 aliphatic rings. The van der Waals surface area contributed by atoms with Crippen LogP contribution in [0.3, 0.4) is 0 Å². The number of hydrogen-bond acceptors (Lipinski definition) is 5. The highest BCUT2D eigenvalue weighted by atomic mass is 16.6. The number of nitro benzene ring substituents is 1. The standard InChI is InChI=1S/C17H16N2O5/c1-10-7-8-12(17(21)24-3)9-14(10)18-16(20)13-5-4-6-15(11(13)2)19(22)23/h4-9H,1-3H3,(H,18,20). The van der Waals surface area contributed by atoms with E-state index in [0.29, 0.717) is 11.3 Å². The van der Waals surface area contributed by atoms with Crippen molar-refractivity contribution < 1.29 is 19.2 Å². The van der Waals surface area contributed by atoms with E-state index in [4.69, 9.17) is 0 Å². The minimum Gasteiger partial charge on any atom is -0.465 e. The van der Waals surface area contributed by atoms with Crippen LogP contribution >= 0.6 is 0 Å². The van der Waals surface area contributed by atoms with Crippen molar-refractivity contribution in [1.82, 2.24) is 0 Å². The zero-order chi connectivity index (χ0) is 17.9. The molecule has 1 amide bonds. The number of nitrogens with zero attached hydrogens (tertiary/aromatic N) is 1. The maximum absolute atomic E-state index is 12.5. The van der Waals surface area contributed by atoms with Crippen LogP contribution in [0.2, 0.25) is 0 Å². The van der Waals surface area contributed by atoms with E-state index < -0.39 is 16.8 Å². The maximum atomic E-state index is 12.5. The van der Waals surface area contributed by atoms with Crippen LogP contribution in [0.25, 0.3) is 0 Å². The first-order chi connectivity index (χ1) is 11.3. The number of nitrogens with one attached hydrogen (secondary N) is 1. The van der Waals surface area contributed by atoms with Crippen molar-refractivity contribution in [2.24, 2.45) is 0 Å². The fourth-order valence-corrected chi connectivity index (χ4v) is 2.26. The number of benzene rings is 2. The average Bonchev–Trinajstić information content (AvgIpc) is 2.55. The van der Waals surface area contributed by atoms with E-state index >= 15 is 0 Å². The number of carbonyl (C=O) groups excluding carboxylic acids is 2. The Bertz CT molecular complexity index is 830. The van der Waals surface area contributed by atoms with Gasteiger partial charge in [0.25, 0.3) is 11.6 Å². The third kappa shape index (κ3) is 3.40. The quantitative estimate of drug-likeness (QED) is 0.527. The van der Waals surface area contributed by atoms with Gasteiger partial charge in [-0.2, -0.15) is 0 Å². The largest absolute Gasteiger partial charge is 0.465 e. The molecule has 0 aromatic heterocycles. The second-order valence-electron chi connectivity index (χ2n) is 5.18. The van der Waals surface area contributed by atoms with E-state index in [-0.39, 0.29) is 16.8 Å². The van der Waals surface area contributed by atoms with Crippen molar-refractivity contribution in [1.29, 1.82) is 0 Å². The number of nitro groups is 1. The fraction of sp³-hybridized carbons (Fsp3) is 0.176. The molecule has 2 rings (SSSR count). The Kier molecular flexibility index (Phi) is 4.93. The van der Waals surface area contributed by atoms with Crippen molar-refractivity contribution in [3.05, 3.63) is 68.8 Å². The zero-order valence-corrected chi connectivity index (χ0v) is 13.5. The number of aryl methyl sites for hydroxylation is 1. The van der Waals surface area contributed by atoms with Gasteiger partial charge >= 0.3 is 5.97 Å². The summed E-state index contributed by atoms with van der Waals surface area (Å²) in [7, 11) is 1.27. The van der Waals surface area contributed by atoms with E-state index in [9.17, 15) is 19.7 Å². The van der Waals surface area contributed by atoms with Crippen LogP contribution in [0, 0.1) is 24.0 Å². The van der Waals surface area contributed by atoms with Crippen LogP contribution in [-0.4, -0.2) is 23.9 Å². The molecular formula is C17H16N2O5. The summed E-state index contributed by atoms with van der Waals surface area (Å²) < 4.78 is 4.66. The Balaban J connectivity index is 2.35. The van der Waals surface area contributed by atoms with E-state index in [1.807, 2.05) is 0 Å². The van der Waals surface area contributed by atoms with Crippen LogP contribution < -0.4 is 5.32 Å². The van der Waals surface area contributed by atoms with E-state index in [2.05, 4.69) is 10.1 Å². The van der Waals surface area contributed by atoms with Crippen molar-refractivity contribution in [3.63, 3.8) is 0 Å². The summed E-state index contributed by atoms with van der Waals surface area (Å²) >= 11 is 0. The second-order valence-corrected chi connectivity index (χ2v) is 5.18. The molecule has 24 heavy (non-hydrogen) atoms. The number of esters is 1. The van der Waals surface area contributed by atoms with Crippen LogP contribution in [-0.2, 0) is 4.74 Å². The molecule has 0 aliphatic carbocycles. The highest BCUT2D eigenvalue weighted by Gasteiger charge is 2.19. The first kappa shape index (κ1) is 17.1. The van der Waals surface area contributed by atoms with Crippen LogP contribution in [0.1, 0.15) is 31.8 Å². The van der Waals surface area contributed by atoms with Gasteiger partial charge in [-0.15, -0.1) is 0 Å². The van der Waals surface area contributed by atoms with Gasteiger partial charge in [0, 0.05) is 22.9 Å². The molecular weight excluding hydrogens is 312 g/mol. The predicted molar refractivity (Wildman–Crippen MR) is 88.3 cm³/mol. The topological polar surface area (TPSA) is 98.5 Å². The third-order valence-corrected chi connectivity index (χ3v) is 3.65. The molecule has 0 radical (unpaired) electrons. The number of hydrogen-bond donors (Lipinski definition) is 1. The Morgan fingerprint density at radius 3 is 2.50 bits per heavy atom. The molecule has 0 spiro atoms. The third-order valence-electron chi connectivity index (χ3n) is 3.65. The smallest absolute Gasteiger partial charge is 0.337 e. The van der Waals surface area contributed by atoms with Gasteiger partial charge < -0.3 is 10.1 Å². The number of ether oxygens (including phenoxy) is 1. The molecule has 0 atom stereocenters. The first-order valence-electron chi connectivity index (χ1n) is 7.09. The lowest BCUT2D eigenvalue weighted by Crippen LogP contribution is -2.15. The Labute approximate surface area is 138 Å². The Morgan fingerprint density at radius 2 is 1.88 bits per heavy atom. The lowest BCUT2D eigenvalue weighted by atomic mass is 10.1. The molecule has 2 aromatic carbocycles. The summed E-state index contributed by atoms with van der Waals surface area (Å²) in [5.74, 6) is -1.00. The minimum atomic E-state index is -0.533. The van der Waals surface area contributed by atoms with Crippen molar-refractivity contribution in [2.75, 3.05) is 12.4 Å². The number of methoxy groups -OCH3 is 1. The van der Waals surface area contributed by atoms with Gasteiger partial charge in [-0.25, -0.2) is 4.79 Å². The monoisotopic (exact) mass is 328 g/mol. The molecule has 124 valence electrons. The molecule has 0 bridgehead atoms. The van der Waals surface area contributed by atoms with E-state index in [0.717, 1.165) is 5.56 Å². The fourth-order valence-electron chi connectivity index (χ4n) is 2.26. The molecule has 7 nitrogen and oxygen atoms in total. The molecule has 0 aliphatic heterocycles. The second kappa shape index (κ2) is 6.91. The lowest BCUT2D eigenvalue weighted by molar-refractivity contribution is -0.385. The molecule has 1 N–H and O–H groups in total. The van der Waals surface area contributed by atoms with Gasteiger partial charge in [0.05, 0.1) is 17.6 Å². The van der Waals surface area contributed by atoms with Crippen LogP contribution in [0.15, 0.2) is 36.4 Å². The van der Waals surface area contributed by atoms with Gasteiger partial charge in [-0.1, -0.05) is 12.1 Å². The van der Waals surface area contributed by atoms with E-state index in [1.54, 1.807) is 19.1 Å². The first-order valence-corrected chi connectivity index (χ1v) is 7.09. The molecule has 0 fully saturated rings. The summed E-state index contributed by atoms with van der Waals surface area (Å²) in [4.78, 5) is 34.5. The SMILES string of the molecule is COC(=O)c1ccc(C)c(NC(=O)c2cccc([N+](=O)[O-])c2C)c1. The Hall–Kier alpha value is -3.22. The lowest BCUT2D eigenvalue weighted by Gasteiger charge is -2.11. The minimum absolute atomic E-state index is 0.123. The summed E-state index contributed by atoms with van der Waals surface area (Å²) in [6, 6.07) is 9.09. The van der Waals surface area contributed by atoms with Gasteiger partial charge in [-0.3, -0.25) is 14.9 Å². The molecule has 7 heteroatoms. The molecule has 0 unspecified atom stereocenters. The number of carbonyl (C=O) groups is 2. The summed E-state index contributed by atoms with van der Waals surface area (Å²) in [6.45, 7) is 3.29. The normalized spacial score (nSPS) is 10.1. The highest BCUT2D eigenvalue weighted by Crippen LogP contribution is 2.23. The maximum Gasteiger partial charge on any atom is 0.337 e. The van der Waals surface area contributed by atoms with Crippen LogP contribution in [0.5, 0.6) is 0 Å². The van der Waals surface area contributed by atoms with Gasteiger partial charge in [0.2, 0.25) is 0 Å². The molecule has 2 aromatic rings. The summed E-state index contributed by atoms with van der Waals surface area (Å²) in [5.41, 5.74) is 1.85. The molecule has 0 heterocycles. The average molecular weight is 328 g/mol. The van der Waals surface area contributed by atoms with Crippen molar-refractivity contribution >= 4 is 23.3 Å².